The second-order valence-corrected chi connectivity index (χ2v) is 4.76. The Hall–Kier alpha value is -0.970. The van der Waals surface area contributed by atoms with Crippen LogP contribution in [-0.4, -0.2) is 19.1 Å². The quantitative estimate of drug-likeness (QED) is 0.878. The third-order valence-corrected chi connectivity index (χ3v) is 3.13. The van der Waals surface area contributed by atoms with E-state index in [1.165, 1.54) is 0 Å². The van der Waals surface area contributed by atoms with Crippen LogP contribution in [0, 0.1) is 5.92 Å². The molecule has 0 heterocycles. The number of hydrogen-bond acceptors (Lipinski definition) is 3. The van der Waals surface area contributed by atoms with Crippen LogP contribution in [0.2, 0.25) is 5.02 Å². The fourth-order valence-electron chi connectivity index (χ4n) is 1.47. The van der Waals surface area contributed by atoms with Gasteiger partial charge in [0.1, 0.15) is 5.75 Å². The smallest absolute Gasteiger partial charge is 0.224 e. The molecule has 6 heteroatoms. The number of carbonyl (C=O) groups is 1. The van der Waals surface area contributed by atoms with Gasteiger partial charge in [-0.25, -0.2) is 0 Å². The second-order valence-electron chi connectivity index (χ2n) is 4.32. The Morgan fingerprint density at radius 2 is 2.11 bits per heavy atom. The summed E-state index contributed by atoms with van der Waals surface area (Å²) in [6.07, 6.45) is 0. The molecule has 0 saturated carbocycles. The van der Waals surface area contributed by atoms with Crippen molar-refractivity contribution in [1.82, 2.24) is 5.32 Å². The Bertz CT molecular complexity index is 425. The summed E-state index contributed by atoms with van der Waals surface area (Å²) in [4.78, 5) is 11.8. The van der Waals surface area contributed by atoms with E-state index in [0.717, 1.165) is 5.56 Å². The van der Waals surface area contributed by atoms with Crippen molar-refractivity contribution in [2.24, 2.45) is 11.7 Å². The minimum Gasteiger partial charge on any atom is -0.496 e. The maximum absolute atomic E-state index is 11.8. The average Bonchev–Trinajstić information content (AvgIpc) is 2.35. The molecular weight excluding hydrogens is 287 g/mol. The van der Waals surface area contributed by atoms with E-state index in [1.807, 2.05) is 6.92 Å². The standard InChI is InChI=1S/C13H19ClN2O2.ClH/c1-8(9(2)15)13(17)16-7-10-6-11(14)4-5-12(10)18-3;/h4-6,8-9H,7,15H2,1-3H3,(H,16,17);1H. The minimum absolute atomic E-state index is 0. The summed E-state index contributed by atoms with van der Waals surface area (Å²) in [6, 6.07) is 5.12. The van der Waals surface area contributed by atoms with Crippen LogP contribution in [0.15, 0.2) is 18.2 Å². The lowest BCUT2D eigenvalue weighted by atomic mass is 10.0. The van der Waals surface area contributed by atoms with Gasteiger partial charge in [0.25, 0.3) is 0 Å². The molecule has 3 N–H and O–H groups in total. The molecule has 1 rings (SSSR count). The Balaban J connectivity index is 0.00000324. The van der Waals surface area contributed by atoms with Crippen LogP contribution >= 0.6 is 24.0 Å². The summed E-state index contributed by atoms with van der Waals surface area (Å²) in [5, 5.41) is 3.44. The van der Waals surface area contributed by atoms with Crippen molar-refractivity contribution in [2.45, 2.75) is 26.4 Å². The van der Waals surface area contributed by atoms with Crippen molar-refractivity contribution in [3.05, 3.63) is 28.8 Å². The van der Waals surface area contributed by atoms with Crippen molar-refractivity contribution >= 4 is 29.9 Å². The molecule has 4 nitrogen and oxygen atoms in total. The van der Waals surface area contributed by atoms with Crippen molar-refractivity contribution in [2.75, 3.05) is 7.11 Å². The number of benzene rings is 1. The van der Waals surface area contributed by atoms with Crippen LogP contribution in [-0.2, 0) is 11.3 Å². The van der Waals surface area contributed by atoms with E-state index in [2.05, 4.69) is 5.32 Å². The zero-order valence-electron chi connectivity index (χ0n) is 11.3. The fraction of sp³-hybridized carbons (Fsp3) is 0.462. The van der Waals surface area contributed by atoms with Crippen molar-refractivity contribution in [3.63, 3.8) is 0 Å². The van der Waals surface area contributed by atoms with Crippen molar-refractivity contribution < 1.29 is 9.53 Å². The van der Waals surface area contributed by atoms with E-state index in [1.54, 1.807) is 32.2 Å². The van der Waals surface area contributed by atoms with Crippen LogP contribution < -0.4 is 15.8 Å². The normalized spacial score (nSPS) is 13.1. The van der Waals surface area contributed by atoms with Gasteiger partial charge in [-0.3, -0.25) is 4.79 Å². The molecule has 1 amide bonds. The number of carbonyl (C=O) groups excluding carboxylic acids is 1. The lowest BCUT2D eigenvalue weighted by molar-refractivity contribution is -0.125. The summed E-state index contributed by atoms with van der Waals surface area (Å²) >= 11 is 5.91. The number of nitrogens with two attached hydrogens (primary N) is 1. The molecule has 0 spiro atoms. The highest BCUT2D eigenvalue weighted by molar-refractivity contribution is 6.30. The zero-order chi connectivity index (χ0) is 13.7. The lowest BCUT2D eigenvalue weighted by Gasteiger charge is -2.16. The highest BCUT2D eigenvalue weighted by Crippen LogP contribution is 2.22. The first-order valence-electron chi connectivity index (χ1n) is 5.81. The molecular formula is C13H20Cl2N2O2. The number of nitrogens with one attached hydrogen (secondary N) is 1. The lowest BCUT2D eigenvalue weighted by Crippen LogP contribution is -2.38. The third-order valence-electron chi connectivity index (χ3n) is 2.90. The van der Waals surface area contributed by atoms with Gasteiger partial charge in [0.2, 0.25) is 5.91 Å². The summed E-state index contributed by atoms with van der Waals surface area (Å²) in [5.41, 5.74) is 6.52. The van der Waals surface area contributed by atoms with Gasteiger partial charge in [0, 0.05) is 29.1 Å². The summed E-state index contributed by atoms with van der Waals surface area (Å²) in [6.45, 7) is 3.99. The highest BCUT2D eigenvalue weighted by atomic mass is 35.5. The average molecular weight is 307 g/mol. The minimum atomic E-state index is -0.227. The van der Waals surface area contributed by atoms with Gasteiger partial charge in [0.15, 0.2) is 0 Å². The maximum atomic E-state index is 11.8. The maximum Gasteiger partial charge on any atom is 0.224 e. The van der Waals surface area contributed by atoms with E-state index >= 15 is 0 Å². The van der Waals surface area contributed by atoms with Crippen molar-refractivity contribution in [3.8, 4) is 5.75 Å². The molecule has 1 aromatic carbocycles. The van der Waals surface area contributed by atoms with Gasteiger partial charge < -0.3 is 15.8 Å². The third kappa shape index (κ3) is 5.27. The first-order chi connectivity index (χ1) is 8.45. The Morgan fingerprint density at radius 3 is 2.63 bits per heavy atom. The van der Waals surface area contributed by atoms with Crippen LogP contribution in [0.1, 0.15) is 19.4 Å². The van der Waals surface area contributed by atoms with Gasteiger partial charge in [-0.05, 0) is 25.1 Å². The predicted octanol–water partition coefficient (Wildman–Crippen LogP) is 2.37. The number of ether oxygens (including phenoxy) is 1. The predicted molar refractivity (Wildman–Crippen MR) is 79.9 cm³/mol. The first kappa shape index (κ1) is 18.0. The van der Waals surface area contributed by atoms with E-state index < -0.39 is 0 Å². The van der Waals surface area contributed by atoms with Gasteiger partial charge >= 0.3 is 0 Å². The van der Waals surface area contributed by atoms with E-state index in [4.69, 9.17) is 22.1 Å². The first-order valence-corrected chi connectivity index (χ1v) is 6.19. The SMILES string of the molecule is COc1ccc(Cl)cc1CNC(=O)C(C)C(C)N.Cl. The monoisotopic (exact) mass is 306 g/mol. The van der Waals surface area contributed by atoms with Crippen LogP contribution in [0.4, 0.5) is 0 Å². The van der Waals surface area contributed by atoms with Gasteiger partial charge in [-0.1, -0.05) is 18.5 Å². The molecule has 108 valence electrons. The molecule has 0 aliphatic rings. The molecule has 0 bridgehead atoms. The van der Waals surface area contributed by atoms with Gasteiger partial charge in [-0.2, -0.15) is 0 Å². The van der Waals surface area contributed by atoms with E-state index in [-0.39, 0.29) is 30.3 Å². The Kier molecular flexibility index (Phi) is 7.83. The molecule has 0 aliphatic carbocycles. The van der Waals surface area contributed by atoms with E-state index in [9.17, 15) is 4.79 Å². The molecule has 0 fully saturated rings. The summed E-state index contributed by atoms with van der Waals surface area (Å²) in [7, 11) is 1.58. The Morgan fingerprint density at radius 1 is 1.47 bits per heavy atom. The van der Waals surface area contributed by atoms with Crippen LogP contribution in [0.3, 0.4) is 0 Å². The highest BCUT2D eigenvalue weighted by Gasteiger charge is 2.17. The second kappa shape index (κ2) is 8.25. The molecule has 2 atom stereocenters. The molecule has 2 unspecified atom stereocenters. The fourth-order valence-corrected chi connectivity index (χ4v) is 1.66. The molecule has 0 aromatic heterocycles. The summed E-state index contributed by atoms with van der Waals surface area (Å²) < 4.78 is 5.21. The Labute approximate surface area is 125 Å². The van der Waals surface area contributed by atoms with Crippen molar-refractivity contribution in [1.29, 1.82) is 0 Å². The molecule has 19 heavy (non-hydrogen) atoms. The summed E-state index contributed by atoms with van der Waals surface area (Å²) in [5.74, 6) is 0.398. The molecule has 0 saturated heterocycles. The molecule has 0 radical (unpaired) electrons. The van der Waals surface area contributed by atoms with E-state index in [0.29, 0.717) is 17.3 Å². The number of rotatable bonds is 5. The molecule has 1 aromatic rings. The zero-order valence-corrected chi connectivity index (χ0v) is 12.8. The number of methoxy groups -OCH3 is 1. The molecule has 0 aliphatic heterocycles. The van der Waals surface area contributed by atoms with Crippen LogP contribution in [0.25, 0.3) is 0 Å². The number of halogens is 2. The van der Waals surface area contributed by atoms with Gasteiger partial charge in [-0.15, -0.1) is 12.4 Å². The van der Waals surface area contributed by atoms with Gasteiger partial charge in [0.05, 0.1) is 7.11 Å². The largest absolute Gasteiger partial charge is 0.496 e. The number of hydrogen-bond donors (Lipinski definition) is 2. The van der Waals surface area contributed by atoms with Crippen LogP contribution in [0.5, 0.6) is 5.75 Å². The topological polar surface area (TPSA) is 64.3 Å². The number of amides is 1.